The molecular weight excluding hydrogens is 446 g/mol. The SMILES string of the molecule is CC(C)(O)C#Cc1ccc(-c2cc3n(c2)C(=O)N(CC[C@@](C)(C(=O)NO)S(C)(=O)=O)C3)cc1. The van der Waals surface area contributed by atoms with Crippen molar-refractivity contribution >= 4 is 21.8 Å². The van der Waals surface area contributed by atoms with E-state index in [1.165, 1.54) is 21.9 Å². The number of hydroxylamine groups is 1. The topological polar surface area (TPSA) is 129 Å². The molecule has 2 amide bonds. The molecule has 1 aromatic heterocycles. The number of hydrogen-bond acceptors (Lipinski definition) is 6. The third-order valence-corrected chi connectivity index (χ3v) is 7.75. The molecule has 0 aliphatic carbocycles. The monoisotopic (exact) mass is 473 g/mol. The molecule has 33 heavy (non-hydrogen) atoms. The van der Waals surface area contributed by atoms with Gasteiger partial charge in [0.25, 0.3) is 5.91 Å². The first kappa shape index (κ1) is 24.5. The van der Waals surface area contributed by atoms with E-state index < -0.39 is 26.1 Å². The molecule has 1 aliphatic heterocycles. The van der Waals surface area contributed by atoms with Crippen molar-refractivity contribution in [2.45, 2.75) is 44.1 Å². The Hall–Kier alpha value is -3.13. The van der Waals surface area contributed by atoms with E-state index in [9.17, 15) is 23.1 Å². The molecule has 176 valence electrons. The van der Waals surface area contributed by atoms with E-state index in [-0.39, 0.29) is 25.5 Å². The summed E-state index contributed by atoms with van der Waals surface area (Å²) >= 11 is 0. The van der Waals surface area contributed by atoms with Crippen LogP contribution in [0.5, 0.6) is 0 Å². The second-order valence-electron chi connectivity index (χ2n) is 8.87. The van der Waals surface area contributed by atoms with Gasteiger partial charge in [0.2, 0.25) is 0 Å². The van der Waals surface area contributed by atoms with E-state index >= 15 is 0 Å². The number of aromatic nitrogens is 1. The smallest absolute Gasteiger partial charge is 0.328 e. The zero-order chi connectivity index (χ0) is 24.6. The van der Waals surface area contributed by atoms with Gasteiger partial charge in [-0.2, -0.15) is 0 Å². The van der Waals surface area contributed by atoms with Crippen molar-refractivity contribution in [3.05, 3.63) is 47.8 Å². The summed E-state index contributed by atoms with van der Waals surface area (Å²) in [6.07, 6.45) is 2.48. The Morgan fingerprint density at radius 3 is 2.33 bits per heavy atom. The lowest BCUT2D eigenvalue weighted by atomic mass is 10.1. The van der Waals surface area contributed by atoms with Crippen LogP contribution in [0.1, 0.15) is 38.4 Å². The van der Waals surface area contributed by atoms with Gasteiger partial charge in [0.15, 0.2) is 14.6 Å². The lowest BCUT2D eigenvalue weighted by Gasteiger charge is -2.27. The third-order valence-electron chi connectivity index (χ3n) is 5.72. The Labute approximate surface area is 192 Å². The third kappa shape index (κ3) is 5.11. The highest BCUT2D eigenvalue weighted by molar-refractivity contribution is 7.92. The van der Waals surface area contributed by atoms with Crippen molar-refractivity contribution in [3.63, 3.8) is 0 Å². The standard InChI is InChI=1S/C23H27N3O6S/c1-22(2,29)10-9-16-5-7-17(8-6-16)18-13-19-15-25(21(28)26(19)14-18)12-11-23(3,20(27)24-30)33(4,31)32/h5-8,13-14,29-30H,11-12,15H2,1-4H3,(H,24,27)/t23-/m0/s1. The minimum absolute atomic E-state index is 0.0292. The minimum Gasteiger partial charge on any atom is -0.378 e. The van der Waals surface area contributed by atoms with Crippen molar-refractivity contribution in [2.75, 3.05) is 12.8 Å². The fraction of sp³-hybridized carbons (Fsp3) is 0.391. The Morgan fingerprint density at radius 1 is 1.18 bits per heavy atom. The molecule has 0 spiro atoms. The average molecular weight is 474 g/mol. The summed E-state index contributed by atoms with van der Waals surface area (Å²) < 4.78 is 23.9. The van der Waals surface area contributed by atoms with Crippen LogP contribution in [0.2, 0.25) is 0 Å². The van der Waals surface area contributed by atoms with E-state index in [1.807, 2.05) is 30.3 Å². The summed E-state index contributed by atoms with van der Waals surface area (Å²) in [5.41, 5.74) is 3.58. The van der Waals surface area contributed by atoms with Crippen molar-refractivity contribution in [2.24, 2.45) is 0 Å². The van der Waals surface area contributed by atoms with Gasteiger partial charge >= 0.3 is 6.03 Å². The Bertz CT molecular complexity index is 1250. The molecule has 1 aromatic carbocycles. The average Bonchev–Trinajstić information content (AvgIpc) is 3.28. The summed E-state index contributed by atoms with van der Waals surface area (Å²) in [4.78, 5) is 26.3. The number of nitrogens with one attached hydrogen (secondary N) is 1. The number of aliphatic hydroxyl groups is 1. The predicted octanol–water partition coefficient (Wildman–Crippen LogP) is 1.76. The van der Waals surface area contributed by atoms with Crippen LogP contribution in [0, 0.1) is 11.8 Å². The maximum atomic E-state index is 12.8. The van der Waals surface area contributed by atoms with Crippen LogP contribution >= 0.6 is 0 Å². The highest BCUT2D eigenvalue weighted by atomic mass is 32.2. The molecule has 1 atom stereocenters. The van der Waals surface area contributed by atoms with Gasteiger partial charge in [0.05, 0.1) is 6.54 Å². The number of carbonyl (C=O) groups excluding carboxylic acids is 2. The van der Waals surface area contributed by atoms with E-state index in [2.05, 4.69) is 11.8 Å². The maximum absolute atomic E-state index is 12.8. The normalized spacial score (nSPS) is 15.5. The number of hydrogen-bond donors (Lipinski definition) is 3. The molecule has 0 unspecified atom stereocenters. The molecule has 0 saturated heterocycles. The van der Waals surface area contributed by atoms with Gasteiger partial charge in [-0.3, -0.25) is 14.6 Å². The fourth-order valence-corrected chi connectivity index (χ4v) is 4.31. The first-order valence-electron chi connectivity index (χ1n) is 10.3. The van der Waals surface area contributed by atoms with Crippen LogP contribution in [0.4, 0.5) is 4.79 Å². The van der Waals surface area contributed by atoms with Crippen molar-refractivity contribution in [3.8, 4) is 23.0 Å². The molecule has 0 bridgehead atoms. The largest absolute Gasteiger partial charge is 0.378 e. The molecule has 2 heterocycles. The summed E-state index contributed by atoms with van der Waals surface area (Å²) in [6, 6.07) is 9.00. The molecule has 3 N–H and O–H groups in total. The molecule has 10 heteroatoms. The van der Waals surface area contributed by atoms with Crippen LogP contribution < -0.4 is 5.48 Å². The van der Waals surface area contributed by atoms with Crippen molar-refractivity contribution in [1.29, 1.82) is 0 Å². The van der Waals surface area contributed by atoms with Crippen LogP contribution in [0.25, 0.3) is 11.1 Å². The maximum Gasteiger partial charge on any atom is 0.328 e. The quantitative estimate of drug-likeness (QED) is 0.333. The first-order chi connectivity index (χ1) is 15.2. The summed E-state index contributed by atoms with van der Waals surface area (Å²) in [6.45, 7) is 4.75. The second kappa shape index (κ2) is 8.67. The van der Waals surface area contributed by atoms with Gasteiger partial charge in [-0.05, 0) is 51.0 Å². The molecule has 3 rings (SSSR count). The van der Waals surface area contributed by atoms with Gasteiger partial charge in [-0.1, -0.05) is 24.0 Å². The van der Waals surface area contributed by atoms with Crippen LogP contribution in [-0.2, 0) is 21.2 Å². The number of nitrogens with zero attached hydrogens (tertiary/aromatic N) is 2. The van der Waals surface area contributed by atoms with E-state index in [0.717, 1.165) is 28.6 Å². The Balaban J connectivity index is 1.73. The Morgan fingerprint density at radius 2 is 1.82 bits per heavy atom. The predicted molar refractivity (Wildman–Crippen MR) is 122 cm³/mol. The molecule has 0 saturated carbocycles. The summed E-state index contributed by atoms with van der Waals surface area (Å²) in [7, 11) is -3.84. The molecular formula is C23H27N3O6S. The molecule has 2 aromatic rings. The number of carbonyl (C=O) groups is 2. The van der Waals surface area contributed by atoms with Gasteiger partial charge in [-0.25, -0.2) is 18.7 Å². The summed E-state index contributed by atoms with van der Waals surface area (Å²) in [5.74, 6) is 4.63. The fourth-order valence-electron chi connectivity index (χ4n) is 3.46. The van der Waals surface area contributed by atoms with E-state index in [0.29, 0.717) is 0 Å². The number of fused-ring (bicyclic) bond motifs is 1. The number of benzene rings is 1. The zero-order valence-corrected chi connectivity index (χ0v) is 19.7. The highest BCUT2D eigenvalue weighted by Gasteiger charge is 2.44. The van der Waals surface area contributed by atoms with E-state index in [1.54, 1.807) is 20.0 Å². The lowest BCUT2D eigenvalue weighted by Crippen LogP contribution is -2.50. The van der Waals surface area contributed by atoms with E-state index in [4.69, 9.17) is 5.21 Å². The van der Waals surface area contributed by atoms with Gasteiger partial charge in [-0.15, -0.1) is 0 Å². The first-order valence-corrected chi connectivity index (χ1v) is 12.1. The van der Waals surface area contributed by atoms with Crippen molar-refractivity contribution in [1.82, 2.24) is 14.9 Å². The summed E-state index contributed by atoms with van der Waals surface area (Å²) in [5, 5.41) is 18.7. The van der Waals surface area contributed by atoms with Crippen LogP contribution in [0.3, 0.4) is 0 Å². The van der Waals surface area contributed by atoms with Gasteiger partial charge in [0, 0.05) is 35.8 Å². The molecule has 9 nitrogen and oxygen atoms in total. The lowest BCUT2D eigenvalue weighted by molar-refractivity contribution is -0.131. The van der Waals surface area contributed by atoms with Gasteiger partial charge in [0.1, 0.15) is 5.60 Å². The minimum atomic E-state index is -3.84. The Kier molecular flexibility index (Phi) is 6.44. The van der Waals surface area contributed by atoms with Gasteiger partial charge < -0.3 is 10.0 Å². The zero-order valence-electron chi connectivity index (χ0n) is 18.9. The van der Waals surface area contributed by atoms with Crippen LogP contribution in [-0.4, -0.2) is 63.3 Å². The molecule has 1 aliphatic rings. The van der Waals surface area contributed by atoms with Crippen molar-refractivity contribution < 1.29 is 28.3 Å². The molecule has 0 fully saturated rings. The number of sulfone groups is 1. The molecule has 0 radical (unpaired) electrons. The van der Waals surface area contributed by atoms with Crippen LogP contribution in [0.15, 0.2) is 36.5 Å². The highest BCUT2D eigenvalue weighted by Crippen LogP contribution is 2.29. The number of rotatable bonds is 6. The number of amides is 2. The second-order valence-corrected chi connectivity index (χ2v) is 11.3.